The molecule has 88 valence electrons. The summed E-state index contributed by atoms with van der Waals surface area (Å²) in [4.78, 5) is 0. The average Bonchev–Trinajstić information content (AvgIpc) is 2.18. The minimum atomic E-state index is 0.491. The molecule has 0 unspecified atom stereocenters. The van der Waals surface area contributed by atoms with E-state index < -0.39 is 0 Å². The molecule has 1 rings (SSSR count). The number of hydrogen-bond donors (Lipinski definition) is 0. The molecule has 0 saturated heterocycles. The molecule has 1 heteroatoms. The Kier molecular flexibility index (Phi) is 5.38. The van der Waals surface area contributed by atoms with Crippen molar-refractivity contribution in [2.75, 3.05) is 6.61 Å². The fourth-order valence-electron chi connectivity index (χ4n) is 2.58. The van der Waals surface area contributed by atoms with Crippen LogP contribution in [0, 0.1) is 17.8 Å². The lowest BCUT2D eigenvalue weighted by atomic mass is 9.75. The molecule has 1 aliphatic carbocycles. The van der Waals surface area contributed by atoms with E-state index in [0.717, 1.165) is 24.4 Å². The normalized spacial score (nSPS) is 32.7. The first-order valence-electron chi connectivity index (χ1n) is 6.38. The van der Waals surface area contributed by atoms with Gasteiger partial charge in [-0.2, -0.15) is 0 Å². The monoisotopic (exact) mass is 210 g/mol. The van der Waals surface area contributed by atoms with Gasteiger partial charge in [-0.15, -0.1) is 0 Å². The van der Waals surface area contributed by atoms with Crippen LogP contribution in [-0.2, 0) is 4.74 Å². The Balaban J connectivity index is 2.46. The molecule has 0 aromatic carbocycles. The van der Waals surface area contributed by atoms with Gasteiger partial charge in [0, 0.05) is 0 Å². The lowest BCUT2D eigenvalue weighted by molar-refractivity contribution is -0.0262. The third-order valence-corrected chi connectivity index (χ3v) is 3.60. The third kappa shape index (κ3) is 3.98. The highest BCUT2D eigenvalue weighted by Crippen LogP contribution is 2.35. The highest BCUT2D eigenvalue weighted by molar-refractivity contribution is 4.83. The number of ether oxygens (including phenoxy) is 1. The summed E-state index contributed by atoms with van der Waals surface area (Å²) in [6.07, 6.45) is 8.64. The standard InChI is InChI=1S/C14H26O/c1-5-6-9-15-14-10-12(4)7-8-13(14)11(2)3/h5-6,11-14H,7-10H2,1-4H3/b6-5+/t12-,13+,14-/m0/s1. The second-order valence-corrected chi connectivity index (χ2v) is 5.27. The van der Waals surface area contributed by atoms with Crippen LogP contribution >= 0.6 is 0 Å². The second kappa shape index (κ2) is 6.32. The van der Waals surface area contributed by atoms with Gasteiger partial charge in [0.15, 0.2) is 0 Å². The zero-order valence-electron chi connectivity index (χ0n) is 10.7. The summed E-state index contributed by atoms with van der Waals surface area (Å²) in [5.74, 6) is 2.37. The highest BCUT2D eigenvalue weighted by atomic mass is 16.5. The van der Waals surface area contributed by atoms with Gasteiger partial charge in [-0.3, -0.25) is 0 Å². The summed E-state index contributed by atoms with van der Waals surface area (Å²) in [5.41, 5.74) is 0. The van der Waals surface area contributed by atoms with E-state index in [1.54, 1.807) is 0 Å². The highest BCUT2D eigenvalue weighted by Gasteiger charge is 2.30. The van der Waals surface area contributed by atoms with Crippen LogP contribution in [0.25, 0.3) is 0 Å². The largest absolute Gasteiger partial charge is 0.374 e. The van der Waals surface area contributed by atoms with Crippen LogP contribution in [0.15, 0.2) is 12.2 Å². The number of hydrogen-bond acceptors (Lipinski definition) is 1. The molecule has 0 N–H and O–H groups in total. The summed E-state index contributed by atoms with van der Waals surface area (Å²) in [7, 11) is 0. The van der Waals surface area contributed by atoms with Crippen molar-refractivity contribution >= 4 is 0 Å². The quantitative estimate of drug-likeness (QED) is 0.636. The van der Waals surface area contributed by atoms with Crippen molar-refractivity contribution in [1.29, 1.82) is 0 Å². The van der Waals surface area contributed by atoms with Gasteiger partial charge in [0.05, 0.1) is 12.7 Å². The molecule has 0 bridgehead atoms. The van der Waals surface area contributed by atoms with E-state index in [1.807, 2.05) is 6.92 Å². The lowest BCUT2D eigenvalue weighted by Crippen LogP contribution is -2.34. The van der Waals surface area contributed by atoms with E-state index in [0.29, 0.717) is 6.10 Å². The molecule has 0 heterocycles. The van der Waals surface area contributed by atoms with Crippen molar-refractivity contribution in [3.63, 3.8) is 0 Å². The minimum absolute atomic E-state index is 0.491. The summed E-state index contributed by atoms with van der Waals surface area (Å²) in [6, 6.07) is 0. The summed E-state index contributed by atoms with van der Waals surface area (Å²) in [5, 5.41) is 0. The fourth-order valence-corrected chi connectivity index (χ4v) is 2.58. The fraction of sp³-hybridized carbons (Fsp3) is 0.857. The molecule has 0 amide bonds. The second-order valence-electron chi connectivity index (χ2n) is 5.27. The van der Waals surface area contributed by atoms with E-state index >= 15 is 0 Å². The zero-order valence-corrected chi connectivity index (χ0v) is 10.7. The van der Waals surface area contributed by atoms with Crippen LogP contribution < -0.4 is 0 Å². The molecule has 0 aromatic rings. The molecule has 1 fully saturated rings. The van der Waals surface area contributed by atoms with Crippen LogP contribution in [0.1, 0.15) is 47.0 Å². The van der Waals surface area contributed by atoms with Gasteiger partial charge in [-0.05, 0) is 37.5 Å². The van der Waals surface area contributed by atoms with Crippen molar-refractivity contribution in [2.24, 2.45) is 17.8 Å². The molecule has 0 radical (unpaired) electrons. The summed E-state index contributed by atoms with van der Waals surface area (Å²) >= 11 is 0. The molecule has 1 nitrogen and oxygen atoms in total. The zero-order chi connectivity index (χ0) is 11.3. The Morgan fingerprint density at radius 2 is 2.07 bits per heavy atom. The molecular formula is C14H26O. The smallest absolute Gasteiger partial charge is 0.0651 e. The Morgan fingerprint density at radius 3 is 2.67 bits per heavy atom. The molecule has 0 spiro atoms. The Bertz CT molecular complexity index is 196. The van der Waals surface area contributed by atoms with Crippen LogP contribution in [0.3, 0.4) is 0 Å². The summed E-state index contributed by atoms with van der Waals surface area (Å²) in [6.45, 7) is 9.84. The van der Waals surface area contributed by atoms with Gasteiger partial charge >= 0.3 is 0 Å². The van der Waals surface area contributed by atoms with Gasteiger partial charge in [0.1, 0.15) is 0 Å². The van der Waals surface area contributed by atoms with Crippen molar-refractivity contribution in [1.82, 2.24) is 0 Å². The van der Waals surface area contributed by atoms with E-state index in [-0.39, 0.29) is 0 Å². The van der Waals surface area contributed by atoms with Gasteiger partial charge in [-0.1, -0.05) is 39.3 Å². The van der Waals surface area contributed by atoms with Crippen molar-refractivity contribution in [3.05, 3.63) is 12.2 Å². The van der Waals surface area contributed by atoms with Gasteiger partial charge < -0.3 is 4.74 Å². The molecule has 1 aliphatic rings. The first-order valence-corrected chi connectivity index (χ1v) is 6.38. The SMILES string of the molecule is C/C=C/CO[C@H]1C[C@@H](C)CC[C@@H]1C(C)C. The molecule has 0 aliphatic heterocycles. The van der Waals surface area contributed by atoms with Crippen LogP contribution in [0.4, 0.5) is 0 Å². The van der Waals surface area contributed by atoms with E-state index in [9.17, 15) is 0 Å². The topological polar surface area (TPSA) is 9.23 Å². The Labute approximate surface area is 94.9 Å². The Hall–Kier alpha value is -0.300. The predicted octanol–water partition coefficient (Wildman–Crippen LogP) is 4.04. The summed E-state index contributed by atoms with van der Waals surface area (Å²) < 4.78 is 5.98. The van der Waals surface area contributed by atoms with E-state index in [4.69, 9.17) is 4.74 Å². The van der Waals surface area contributed by atoms with Crippen LogP contribution in [-0.4, -0.2) is 12.7 Å². The molecule has 0 aromatic heterocycles. The molecule has 3 atom stereocenters. The molecule has 15 heavy (non-hydrogen) atoms. The van der Waals surface area contributed by atoms with Crippen molar-refractivity contribution in [3.8, 4) is 0 Å². The number of allylic oxidation sites excluding steroid dienone is 1. The first kappa shape index (κ1) is 12.8. The maximum atomic E-state index is 5.98. The maximum absolute atomic E-state index is 5.98. The average molecular weight is 210 g/mol. The molecular weight excluding hydrogens is 184 g/mol. The minimum Gasteiger partial charge on any atom is -0.374 e. The predicted molar refractivity (Wildman–Crippen MR) is 65.9 cm³/mol. The lowest BCUT2D eigenvalue weighted by Gasteiger charge is -2.37. The van der Waals surface area contributed by atoms with Crippen molar-refractivity contribution in [2.45, 2.75) is 53.1 Å². The van der Waals surface area contributed by atoms with Crippen LogP contribution in [0.5, 0.6) is 0 Å². The first-order chi connectivity index (χ1) is 7.15. The third-order valence-electron chi connectivity index (χ3n) is 3.60. The van der Waals surface area contributed by atoms with E-state index in [2.05, 4.69) is 32.9 Å². The van der Waals surface area contributed by atoms with Crippen LogP contribution in [0.2, 0.25) is 0 Å². The maximum Gasteiger partial charge on any atom is 0.0651 e. The number of rotatable bonds is 4. The molecule has 1 saturated carbocycles. The van der Waals surface area contributed by atoms with E-state index in [1.165, 1.54) is 19.3 Å². The van der Waals surface area contributed by atoms with Gasteiger partial charge in [-0.25, -0.2) is 0 Å². The van der Waals surface area contributed by atoms with Gasteiger partial charge in [0.2, 0.25) is 0 Å². The van der Waals surface area contributed by atoms with Crippen molar-refractivity contribution < 1.29 is 4.74 Å². The van der Waals surface area contributed by atoms with Gasteiger partial charge in [0.25, 0.3) is 0 Å². The Morgan fingerprint density at radius 1 is 1.33 bits per heavy atom.